The lowest BCUT2D eigenvalue weighted by atomic mass is 9.95. The molecule has 4 heteroatoms. The Balaban J connectivity index is 2.34. The average molecular weight is 326 g/mol. The number of hydrogen-bond acceptors (Lipinski definition) is 3. The zero-order chi connectivity index (χ0) is 13.7. The van der Waals surface area contributed by atoms with Gasteiger partial charge in [-0.3, -0.25) is 0 Å². The summed E-state index contributed by atoms with van der Waals surface area (Å²) >= 11 is 3.63. The lowest BCUT2D eigenvalue weighted by molar-refractivity contribution is 0.219. The zero-order valence-corrected chi connectivity index (χ0v) is 13.0. The van der Waals surface area contributed by atoms with Crippen LogP contribution >= 0.6 is 15.9 Å². The van der Waals surface area contributed by atoms with Crippen molar-refractivity contribution < 1.29 is 9.47 Å². The summed E-state index contributed by atoms with van der Waals surface area (Å²) in [6.45, 7) is 3.85. The Morgan fingerprint density at radius 1 is 1.47 bits per heavy atom. The molecule has 0 amide bonds. The molecule has 0 saturated carbocycles. The van der Waals surface area contributed by atoms with E-state index in [1.54, 1.807) is 7.11 Å². The van der Waals surface area contributed by atoms with Gasteiger partial charge in [-0.2, -0.15) is 0 Å². The normalized spacial score (nSPS) is 16.5. The SMILES string of the molecule is CCNC(C1=COCCC1)c1cc(OC)ccc1Br. The van der Waals surface area contributed by atoms with Gasteiger partial charge in [0.2, 0.25) is 0 Å². The number of rotatable bonds is 5. The number of nitrogens with one attached hydrogen (secondary N) is 1. The molecule has 0 aliphatic carbocycles. The number of ether oxygens (including phenoxy) is 2. The van der Waals surface area contributed by atoms with Crippen LogP contribution < -0.4 is 10.1 Å². The van der Waals surface area contributed by atoms with Crippen molar-refractivity contribution in [3.8, 4) is 5.75 Å². The topological polar surface area (TPSA) is 30.5 Å². The van der Waals surface area contributed by atoms with Gasteiger partial charge in [0.1, 0.15) is 5.75 Å². The van der Waals surface area contributed by atoms with Crippen LogP contribution in [0.3, 0.4) is 0 Å². The zero-order valence-electron chi connectivity index (χ0n) is 11.4. The molecule has 1 unspecified atom stereocenters. The van der Waals surface area contributed by atoms with Crippen molar-refractivity contribution in [2.24, 2.45) is 0 Å². The molecule has 0 radical (unpaired) electrons. The van der Waals surface area contributed by atoms with Crippen LogP contribution in [-0.2, 0) is 4.74 Å². The summed E-state index contributed by atoms with van der Waals surface area (Å²) in [6, 6.07) is 6.24. The van der Waals surface area contributed by atoms with Crippen molar-refractivity contribution in [3.63, 3.8) is 0 Å². The molecule has 0 fully saturated rings. The van der Waals surface area contributed by atoms with E-state index in [0.717, 1.165) is 36.2 Å². The minimum absolute atomic E-state index is 0.176. The van der Waals surface area contributed by atoms with Crippen LogP contribution in [0.15, 0.2) is 34.5 Å². The average Bonchev–Trinajstić information content (AvgIpc) is 2.47. The molecule has 3 nitrogen and oxygen atoms in total. The molecule has 0 aromatic heterocycles. The highest BCUT2D eigenvalue weighted by molar-refractivity contribution is 9.10. The minimum Gasteiger partial charge on any atom is -0.501 e. The van der Waals surface area contributed by atoms with Gasteiger partial charge in [-0.05, 0) is 48.7 Å². The van der Waals surface area contributed by atoms with E-state index < -0.39 is 0 Å². The summed E-state index contributed by atoms with van der Waals surface area (Å²) in [4.78, 5) is 0. The number of benzene rings is 1. The van der Waals surface area contributed by atoms with Gasteiger partial charge in [0.25, 0.3) is 0 Å². The molecule has 1 heterocycles. The standard InChI is InChI=1S/C15H20BrNO2/c1-3-17-15(11-5-4-8-19-10-11)13-9-12(18-2)6-7-14(13)16/h6-7,9-10,15,17H,3-5,8H2,1-2H3. The van der Waals surface area contributed by atoms with Crippen molar-refractivity contribution in [2.75, 3.05) is 20.3 Å². The molecule has 1 aliphatic heterocycles. The first-order chi connectivity index (χ1) is 9.26. The Kier molecular flexibility index (Phi) is 5.28. The second-order valence-corrected chi connectivity index (χ2v) is 5.40. The number of hydrogen-bond donors (Lipinski definition) is 1. The number of methoxy groups -OCH3 is 1. The molecular weight excluding hydrogens is 306 g/mol. The van der Waals surface area contributed by atoms with Crippen molar-refractivity contribution in [3.05, 3.63) is 40.1 Å². The highest BCUT2D eigenvalue weighted by atomic mass is 79.9. The summed E-state index contributed by atoms with van der Waals surface area (Å²) in [5.41, 5.74) is 2.49. The van der Waals surface area contributed by atoms with E-state index in [1.807, 2.05) is 18.4 Å². The molecule has 104 valence electrons. The minimum atomic E-state index is 0.176. The third kappa shape index (κ3) is 3.51. The second-order valence-electron chi connectivity index (χ2n) is 4.55. The van der Waals surface area contributed by atoms with Crippen molar-refractivity contribution >= 4 is 15.9 Å². The summed E-state index contributed by atoms with van der Waals surface area (Å²) in [5.74, 6) is 0.874. The highest BCUT2D eigenvalue weighted by Crippen LogP contribution is 2.34. The fraction of sp³-hybridized carbons (Fsp3) is 0.467. The fourth-order valence-electron chi connectivity index (χ4n) is 2.31. The van der Waals surface area contributed by atoms with Gasteiger partial charge in [0.15, 0.2) is 0 Å². The smallest absolute Gasteiger partial charge is 0.119 e. The van der Waals surface area contributed by atoms with Crippen LogP contribution in [-0.4, -0.2) is 20.3 Å². The lowest BCUT2D eigenvalue weighted by Gasteiger charge is -2.25. The van der Waals surface area contributed by atoms with Gasteiger partial charge >= 0.3 is 0 Å². The Morgan fingerprint density at radius 2 is 2.32 bits per heavy atom. The summed E-state index contributed by atoms with van der Waals surface area (Å²) in [7, 11) is 1.69. The molecule has 1 aliphatic rings. The van der Waals surface area contributed by atoms with Crippen LogP contribution in [0.5, 0.6) is 5.75 Å². The molecule has 1 aromatic carbocycles. The van der Waals surface area contributed by atoms with E-state index in [0.29, 0.717) is 0 Å². The molecule has 1 atom stereocenters. The van der Waals surface area contributed by atoms with Gasteiger partial charge in [-0.25, -0.2) is 0 Å². The van der Waals surface area contributed by atoms with Gasteiger partial charge in [-0.1, -0.05) is 22.9 Å². The summed E-state index contributed by atoms with van der Waals surface area (Å²) in [5, 5.41) is 3.53. The number of halogens is 1. The lowest BCUT2D eigenvalue weighted by Crippen LogP contribution is -2.24. The van der Waals surface area contributed by atoms with Crippen LogP contribution in [0.1, 0.15) is 31.4 Å². The largest absolute Gasteiger partial charge is 0.501 e. The molecule has 19 heavy (non-hydrogen) atoms. The maximum Gasteiger partial charge on any atom is 0.119 e. The van der Waals surface area contributed by atoms with E-state index in [9.17, 15) is 0 Å². The Labute approximate surface area is 123 Å². The molecule has 0 saturated heterocycles. The van der Waals surface area contributed by atoms with Gasteiger partial charge in [-0.15, -0.1) is 0 Å². The Bertz CT molecular complexity index is 459. The van der Waals surface area contributed by atoms with E-state index in [2.05, 4.69) is 34.2 Å². The number of likely N-dealkylation sites (N-methyl/N-ethyl adjacent to an activating group) is 1. The van der Waals surface area contributed by atoms with E-state index in [-0.39, 0.29) is 6.04 Å². The Morgan fingerprint density at radius 3 is 2.95 bits per heavy atom. The van der Waals surface area contributed by atoms with E-state index >= 15 is 0 Å². The second kappa shape index (κ2) is 6.96. The first-order valence-corrected chi connectivity index (χ1v) is 7.43. The predicted octanol–water partition coefficient (Wildman–Crippen LogP) is 3.80. The van der Waals surface area contributed by atoms with E-state index in [1.165, 1.54) is 11.1 Å². The molecule has 2 rings (SSSR count). The van der Waals surface area contributed by atoms with E-state index in [4.69, 9.17) is 9.47 Å². The maximum absolute atomic E-state index is 5.48. The highest BCUT2D eigenvalue weighted by Gasteiger charge is 2.20. The van der Waals surface area contributed by atoms with Gasteiger partial charge in [0.05, 0.1) is 26.0 Å². The molecular formula is C15H20BrNO2. The van der Waals surface area contributed by atoms with Gasteiger partial charge in [0, 0.05) is 4.47 Å². The van der Waals surface area contributed by atoms with Crippen LogP contribution in [0.2, 0.25) is 0 Å². The van der Waals surface area contributed by atoms with Crippen molar-refractivity contribution in [2.45, 2.75) is 25.8 Å². The summed E-state index contributed by atoms with van der Waals surface area (Å²) in [6.07, 6.45) is 4.05. The summed E-state index contributed by atoms with van der Waals surface area (Å²) < 4.78 is 11.9. The Hall–Kier alpha value is -1.00. The molecule has 1 aromatic rings. The van der Waals surface area contributed by atoms with Crippen molar-refractivity contribution in [1.82, 2.24) is 5.32 Å². The first kappa shape index (κ1) is 14.4. The van der Waals surface area contributed by atoms with Crippen LogP contribution in [0, 0.1) is 0 Å². The predicted molar refractivity (Wildman–Crippen MR) is 80.4 cm³/mol. The van der Waals surface area contributed by atoms with Crippen LogP contribution in [0.4, 0.5) is 0 Å². The quantitative estimate of drug-likeness (QED) is 0.893. The maximum atomic E-state index is 5.48. The first-order valence-electron chi connectivity index (χ1n) is 6.63. The molecule has 0 bridgehead atoms. The molecule has 1 N–H and O–H groups in total. The fourth-order valence-corrected chi connectivity index (χ4v) is 2.79. The third-order valence-corrected chi connectivity index (χ3v) is 3.98. The van der Waals surface area contributed by atoms with Crippen LogP contribution in [0.25, 0.3) is 0 Å². The third-order valence-electron chi connectivity index (χ3n) is 3.26. The van der Waals surface area contributed by atoms with Crippen molar-refractivity contribution in [1.29, 1.82) is 0 Å². The monoisotopic (exact) mass is 325 g/mol. The molecule has 0 spiro atoms. The van der Waals surface area contributed by atoms with Gasteiger partial charge < -0.3 is 14.8 Å².